The summed E-state index contributed by atoms with van der Waals surface area (Å²) in [4.78, 5) is 2.50. The fraction of sp³-hybridized carbons (Fsp3) is 0.0857. The first-order valence-corrected chi connectivity index (χ1v) is 25.7. The molecule has 3 heteroatoms. The van der Waals surface area contributed by atoms with Gasteiger partial charge in [0.2, 0.25) is 0 Å². The van der Waals surface area contributed by atoms with E-state index in [9.17, 15) is 0 Å². The standard InChI is InChI=1S/C70H51N3/c1-69(2)60-25-13-10-22-52(60)54-35-31-49(42-62(54)69)71(48-33-38-67-59(41-48)57-24-11-14-26-65(57)72(67)47-19-6-5-7-20-47)50-32-36-55-53-34-29-46(40-61(53)70(3,4)63(55)43-50)45-30-37-68-58(39-45)56-23-12-15-27-66(56)73(68)64-28-16-18-44-17-8-9-21-51(44)64/h5-43H,1-4H3. The van der Waals surface area contributed by atoms with Gasteiger partial charge in [-0.15, -0.1) is 0 Å². The zero-order valence-corrected chi connectivity index (χ0v) is 41.4. The molecule has 0 radical (unpaired) electrons. The summed E-state index contributed by atoms with van der Waals surface area (Å²) >= 11 is 0. The van der Waals surface area contributed by atoms with E-state index in [1.807, 2.05) is 0 Å². The van der Waals surface area contributed by atoms with Crippen LogP contribution >= 0.6 is 0 Å². The van der Waals surface area contributed by atoms with E-state index in [-0.39, 0.29) is 10.8 Å². The van der Waals surface area contributed by atoms with Gasteiger partial charge in [0.25, 0.3) is 0 Å². The second-order valence-electron chi connectivity index (χ2n) is 21.3. The Balaban J connectivity index is 0.864. The first kappa shape index (κ1) is 41.8. The molecule has 0 N–H and O–H groups in total. The zero-order chi connectivity index (χ0) is 48.7. The van der Waals surface area contributed by atoms with Crippen LogP contribution in [0.1, 0.15) is 49.9 Å². The lowest BCUT2D eigenvalue weighted by molar-refractivity contribution is 0.660. The highest BCUT2D eigenvalue weighted by Gasteiger charge is 2.38. The first-order valence-electron chi connectivity index (χ1n) is 25.7. The van der Waals surface area contributed by atoms with Gasteiger partial charge in [-0.2, -0.15) is 0 Å². The molecule has 0 amide bonds. The summed E-state index contributed by atoms with van der Waals surface area (Å²) in [6, 6.07) is 88.4. The van der Waals surface area contributed by atoms with E-state index in [4.69, 9.17) is 0 Å². The van der Waals surface area contributed by atoms with Crippen molar-refractivity contribution in [3.63, 3.8) is 0 Å². The molecule has 3 nitrogen and oxygen atoms in total. The smallest absolute Gasteiger partial charge is 0.0542 e. The topological polar surface area (TPSA) is 13.1 Å². The molecule has 2 aliphatic carbocycles. The van der Waals surface area contributed by atoms with Gasteiger partial charge < -0.3 is 14.0 Å². The molecule has 0 fully saturated rings. The van der Waals surface area contributed by atoms with Crippen LogP contribution in [0.25, 0.3) is 99.1 Å². The van der Waals surface area contributed by atoms with Crippen molar-refractivity contribution in [2.45, 2.75) is 38.5 Å². The summed E-state index contributed by atoms with van der Waals surface area (Å²) in [6.45, 7) is 9.58. The maximum atomic E-state index is 2.50. The Hall–Kier alpha value is -8.92. The van der Waals surface area contributed by atoms with Crippen LogP contribution in [0.2, 0.25) is 0 Å². The van der Waals surface area contributed by atoms with Gasteiger partial charge in [-0.05, 0) is 152 Å². The minimum absolute atomic E-state index is 0.141. The van der Waals surface area contributed by atoms with Gasteiger partial charge in [-0.3, -0.25) is 0 Å². The third-order valence-electron chi connectivity index (χ3n) is 16.7. The number of para-hydroxylation sites is 3. The Morgan fingerprint density at radius 1 is 0.301 bits per heavy atom. The second kappa shape index (κ2) is 15.3. The number of hydrogen-bond acceptors (Lipinski definition) is 1. The Morgan fingerprint density at radius 3 is 1.51 bits per heavy atom. The van der Waals surface area contributed by atoms with Crippen LogP contribution in [0.3, 0.4) is 0 Å². The van der Waals surface area contributed by atoms with Crippen molar-refractivity contribution >= 4 is 71.4 Å². The van der Waals surface area contributed by atoms with Gasteiger partial charge in [0.1, 0.15) is 0 Å². The number of nitrogens with zero attached hydrogens (tertiary/aromatic N) is 3. The Bertz CT molecular complexity index is 4440. The SMILES string of the molecule is CC1(C)c2ccccc2-c2ccc(N(c3ccc4c(c3)C(C)(C)c3cc(-c5ccc6c(c5)c5ccccc5n6-c5cccc6ccccc56)ccc3-4)c3ccc4c(c3)c3ccccc3n4-c3ccccc3)cc21. The summed E-state index contributed by atoms with van der Waals surface area (Å²) < 4.78 is 4.85. The van der Waals surface area contributed by atoms with E-state index in [1.54, 1.807) is 0 Å². The molecule has 2 aliphatic rings. The molecule has 0 saturated heterocycles. The van der Waals surface area contributed by atoms with Crippen molar-refractivity contribution in [1.29, 1.82) is 0 Å². The minimum Gasteiger partial charge on any atom is -0.310 e. The van der Waals surface area contributed by atoms with E-state index in [2.05, 4.69) is 278 Å². The van der Waals surface area contributed by atoms with E-state index in [0.29, 0.717) is 0 Å². The highest BCUT2D eigenvalue weighted by Crippen LogP contribution is 2.54. The summed E-state index contributed by atoms with van der Waals surface area (Å²) in [6.07, 6.45) is 0. The normalized spacial score (nSPS) is 14.0. The highest BCUT2D eigenvalue weighted by atomic mass is 15.1. The third-order valence-corrected chi connectivity index (χ3v) is 16.7. The fourth-order valence-corrected chi connectivity index (χ4v) is 13.1. The van der Waals surface area contributed by atoms with Gasteiger partial charge in [0.15, 0.2) is 0 Å². The molecule has 0 saturated carbocycles. The molecule has 0 aliphatic heterocycles. The molecular weight excluding hydrogens is 883 g/mol. The van der Waals surface area contributed by atoms with Crippen LogP contribution in [0.5, 0.6) is 0 Å². The van der Waals surface area contributed by atoms with Crippen LogP contribution < -0.4 is 4.90 Å². The molecule has 15 rings (SSSR count). The third kappa shape index (κ3) is 6.00. The molecule has 13 aromatic rings. The largest absolute Gasteiger partial charge is 0.310 e. The molecule has 0 atom stereocenters. The zero-order valence-electron chi connectivity index (χ0n) is 41.4. The van der Waals surface area contributed by atoms with Crippen molar-refractivity contribution < 1.29 is 0 Å². The lowest BCUT2D eigenvalue weighted by Gasteiger charge is -2.30. The highest BCUT2D eigenvalue weighted by molar-refractivity contribution is 6.13. The Labute approximate surface area is 425 Å². The van der Waals surface area contributed by atoms with Crippen LogP contribution in [-0.4, -0.2) is 9.13 Å². The molecule has 2 heterocycles. The lowest BCUT2D eigenvalue weighted by Crippen LogP contribution is -2.18. The lowest BCUT2D eigenvalue weighted by atomic mass is 9.81. The van der Waals surface area contributed by atoms with Crippen molar-refractivity contribution in [3.05, 3.63) is 259 Å². The van der Waals surface area contributed by atoms with Crippen molar-refractivity contribution in [2.24, 2.45) is 0 Å². The van der Waals surface area contributed by atoms with Gasteiger partial charge in [0.05, 0.1) is 27.8 Å². The van der Waals surface area contributed by atoms with Crippen molar-refractivity contribution in [1.82, 2.24) is 9.13 Å². The number of hydrogen-bond donors (Lipinski definition) is 0. The molecule has 346 valence electrons. The van der Waals surface area contributed by atoms with Crippen LogP contribution in [0, 0.1) is 0 Å². The number of benzene rings is 11. The monoisotopic (exact) mass is 933 g/mol. The number of rotatable bonds is 6. The molecule has 0 unspecified atom stereocenters. The summed E-state index contributed by atoms with van der Waals surface area (Å²) in [7, 11) is 0. The average Bonchev–Trinajstić information content (AvgIpc) is 4.10. The quantitative estimate of drug-likeness (QED) is 0.162. The Morgan fingerprint density at radius 2 is 0.767 bits per heavy atom. The molecule has 0 spiro atoms. The number of aromatic nitrogens is 2. The minimum atomic E-state index is -0.258. The van der Waals surface area contributed by atoms with E-state index >= 15 is 0 Å². The van der Waals surface area contributed by atoms with Gasteiger partial charge >= 0.3 is 0 Å². The van der Waals surface area contributed by atoms with Crippen LogP contribution in [0.15, 0.2) is 237 Å². The fourth-order valence-electron chi connectivity index (χ4n) is 13.1. The predicted octanol–water partition coefficient (Wildman–Crippen LogP) is 18.8. The summed E-state index contributed by atoms with van der Waals surface area (Å²) in [5, 5.41) is 7.48. The molecule has 11 aromatic carbocycles. The molecule has 0 bridgehead atoms. The van der Waals surface area contributed by atoms with Gasteiger partial charge in [-0.25, -0.2) is 0 Å². The van der Waals surface area contributed by atoms with Crippen molar-refractivity contribution in [2.75, 3.05) is 4.90 Å². The van der Waals surface area contributed by atoms with E-state index in [1.165, 1.54) is 116 Å². The molecule has 73 heavy (non-hydrogen) atoms. The van der Waals surface area contributed by atoms with Crippen LogP contribution in [-0.2, 0) is 10.8 Å². The maximum absolute atomic E-state index is 2.50. The Kier molecular flexibility index (Phi) is 8.76. The van der Waals surface area contributed by atoms with Gasteiger partial charge in [0, 0.05) is 60.5 Å². The second-order valence-corrected chi connectivity index (χ2v) is 21.3. The van der Waals surface area contributed by atoms with Gasteiger partial charge in [-0.1, -0.05) is 173 Å². The maximum Gasteiger partial charge on any atom is 0.0542 e. The summed E-state index contributed by atoms with van der Waals surface area (Å²) in [5.41, 5.74) is 23.4. The average molecular weight is 934 g/mol. The van der Waals surface area contributed by atoms with Crippen LogP contribution in [0.4, 0.5) is 17.1 Å². The molecule has 2 aromatic heterocycles. The summed E-state index contributed by atoms with van der Waals surface area (Å²) in [5.74, 6) is 0. The molecular formula is C70H51N3. The van der Waals surface area contributed by atoms with Crippen molar-refractivity contribution in [3.8, 4) is 44.8 Å². The van der Waals surface area contributed by atoms with E-state index < -0.39 is 0 Å². The number of anilines is 3. The first-order chi connectivity index (χ1) is 35.7. The predicted molar refractivity (Wildman–Crippen MR) is 308 cm³/mol. The number of fused-ring (bicyclic) bond motifs is 13. The van der Waals surface area contributed by atoms with E-state index in [0.717, 1.165) is 22.7 Å².